The summed E-state index contributed by atoms with van der Waals surface area (Å²) in [6.45, 7) is 2.73. The molecule has 1 N–H and O–H groups in total. The summed E-state index contributed by atoms with van der Waals surface area (Å²) in [5.74, 6) is -1.75. The topological polar surface area (TPSA) is 70.5 Å². The number of halogens is 1. The number of amides is 1. The first kappa shape index (κ1) is 15.4. The van der Waals surface area contributed by atoms with Gasteiger partial charge in [-0.3, -0.25) is 9.59 Å². The zero-order valence-corrected chi connectivity index (χ0v) is 12.0. The molecule has 0 saturated carbocycles. The average Bonchev–Trinajstić information content (AvgIpc) is 2.47. The van der Waals surface area contributed by atoms with Crippen LogP contribution in [-0.4, -0.2) is 40.0 Å². The van der Waals surface area contributed by atoms with Crippen molar-refractivity contribution in [3.63, 3.8) is 0 Å². The maximum Gasteiger partial charge on any atom is 0.309 e. The lowest BCUT2D eigenvalue weighted by atomic mass is 9.75. The van der Waals surface area contributed by atoms with E-state index in [1.165, 1.54) is 12.3 Å². The van der Waals surface area contributed by atoms with Crippen LogP contribution in [0.5, 0.6) is 0 Å². The van der Waals surface area contributed by atoms with Crippen LogP contribution in [0.1, 0.15) is 43.0 Å². The monoisotopic (exact) mass is 294 g/mol. The lowest BCUT2D eigenvalue weighted by Gasteiger charge is -2.38. The minimum atomic E-state index is -0.786. The van der Waals surface area contributed by atoms with Gasteiger partial charge in [-0.25, -0.2) is 4.98 Å². The van der Waals surface area contributed by atoms with E-state index in [0.29, 0.717) is 32.4 Å². The van der Waals surface area contributed by atoms with Crippen LogP contribution in [0.4, 0.5) is 4.39 Å². The second kappa shape index (κ2) is 6.20. The van der Waals surface area contributed by atoms with E-state index in [9.17, 15) is 19.1 Å². The summed E-state index contributed by atoms with van der Waals surface area (Å²) in [7, 11) is 0. The minimum Gasteiger partial charge on any atom is -0.481 e. The number of rotatable bonds is 4. The number of hydrogen-bond donors (Lipinski definition) is 1. The Balaban J connectivity index is 2.06. The summed E-state index contributed by atoms with van der Waals surface area (Å²) in [5.41, 5.74) is -0.476. The molecule has 0 aromatic carbocycles. The maximum absolute atomic E-state index is 13.1. The number of likely N-dealkylation sites (tertiary alicyclic amines) is 1. The van der Waals surface area contributed by atoms with Crippen molar-refractivity contribution in [2.24, 2.45) is 5.41 Å². The van der Waals surface area contributed by atoms with E-state index in [4.69, 9.17) is 0 Å². The fourth-order valence-electron chi connectivity index (χ4n) is 2.91. The molecule has 0 atom stereocenters. The first-order valence-electron chi connectivity index (χ1n) is 7.13. The van der Waals surface area contributed by atoms with Crippen molar-refractivity contribution in [1.29, 1.82) is 0 Å². The Morgan fingerprint density at radius 3 is 2.62 bits per heavy atom. The first-order chi connectivity index (χ1) is 9.98. The lowest BCUT2D eigenvalue weighted by molar-refractivity contribution is -0.152. The smallest absolute Gasteiger partial charge is 0.309 e. The molecule has 1 aliphatic heterocycles. The Labute approximate surface area is 122 Å². The molecule has 0 radical (unpaired) electrons. The average molecular weight is 294 g/mol. The number of piperidine rings is 1. The molecule has 2 rings (SSSR count). The van der Waals surface area contributed by atoms with Crippen molar-refractivity contribution in [1.82, 2.24) is 9.88 Å². The summed E-state index contributed by atoms with van der Waals surface area (Å²) < 4.78 is 13.1. The zero-order chi connectivity index (χ0) is 15.5. The molecule has 1 amide bonds. The highest BCUT2D eigenvalue weighted by Crippen LogP contribution is 2.36. The van der Waals surface area contributed by atoms with Crippen LogP contribution in [0.2, 0.25) is 0 Å². The van der Waals surface area contributed by atoms with Gasteiger partial charge < -0.3 is 10.0 Å². The molecular weight excluding hydrogens is 275 g/mol. The SMILES string of the molecule is CCCC1(C(=O)O)CCN(C(=O)c2ccnc(F)c2)CC1. The summed E-state index contributed by atoms with van der Waals surface area (Å²) >= 11 is 0. The van der Waals surface area contributed by atoms with E-state index >= 15 is 0 Å². The number of carbonyl (C=O) groups is 2. The standard InChI is InChI=1S/C15H19FN2O3/c1-2-4-15(14(20)21)5-8-18(9-6-15)13(19)11-3-7-17-12(16)10-11/h3,7,10H,2,4-6,8-9H2,1H3,(H,20,21). The fourth-order valence-corrected chi connectivity index (χ4v) is 2.91. The molecule has 1 aliphatic rings. The van der Waals surface area contributed by atoms with Crippen molar-refractivity contribution >= 4 is 11.9 Å². The first-order valence-corrected chi connectivity index (χ1v) is 7.13. The molecule has 1 aromatic rings. The van der Waals surface area contributed by atoms with Gasteiger partial charge in [0, 0.05) is 30.9 Å². The van der Waals surface area contributed by atoms with Gasteiger partial charge in [0.05, 0.1) is 5.41 Å². The molecule has 0 bridgehead atoms. The second-order valence-electron chi connectivity index (χ2n) is 5.49. The van der Waals surface area contributed by atoms with Gasteiger partial charge in [-0.2, -0.15) is 4.39 Å². The maximum atomic E-state index is 13.1. The van der Waals surface area contributed by atoms with Gasteiger partial charge in [0.1, 0.15) is 0 Å². The number of nitrogens with zero attached hydrogens (tertiary/aromatic N) is 2. The molecule has 6 heteroatoms. The molecule has 1 saturated heterocycles. The van der Waals surface area contributed by atoms with Crippen LogP contribution in [0.3, 0.4) is 0 Å². The number of carbonyl (C=O) groups excluding carboxylic acids is 1. The van der Waals surface area contributed by atoms with E-state index in [-0.39, 0.29) is 11.5 Å². The summed E-state index contributed by atoms with van der Waals surface area (Å²) in [6, 6.07) is 2.57. The molecular formula is C15H19FN2O3. The Hall–Kier alpha value is -1.98. The van der Waals surface area contributed by atoms with Gasteiger partial charge in [-0.15, -0.1) is 0 Å². The van der Waals surface area contributed by atoms with E-state index in [2.05, 4.69) is 4.98 Å². The van der Waals surface area contributed by atoms with Crippen LogP contribution in [0.25, 0.3) is 0 Å². The Morgan fingerprint density at radius 2 is 2.10 bits per heavy atom. The predicted octanol–water partition coefficient (Wildman–Crippen LogP) is 2.33. The number of carboxylic acid groups (broad SMARTS) is 1. The van der Waals surface area contributed by atoms with Gasteiger partial charge in [-0.05, 0) is 25.3 Å². The summed E-state index contributed by atoms with van der Waals surface area (Å²) in [4.78, 5) is 28.8. The Bertz CT molecular complexity index is 539. The van der Waals surface area contributed by atoms with E-state index in [1.54, 1.807) is 4.90 Å². The molecule has 5 nitrogen and oxygen atoms in total. The van der Waals surface area contributed by atoms with Crippen molar-refractivity contribution in [3.8, 4) is 0 Å². The molecule has 1 aromatic heterocycles. The molecule has 1 fully saturated rings. The van der Waals surface area contributed by atoms with E-state index in [0.717, 1.165) is 12.5 Å². The molecule has 21 heavy (non-hydrogen) atoms. The van der Waals surface area contributed by atoms with E-state index < -0.39 is 17.3 Å². The van der Waals surface area contributed by atoms with Crippen LogP contribution in [0.15, 0.2) is 18.3 Å². The van der Waals surface area contributed by atoms with Crippen LogP contribution < -0.4 is 0 Å². The summed E-state index contributed by atoms with van der Waals surface area (Å²) in [5, 5.41) is 9.44. The van der Waals surface area contributed by atoms with Crippen molar-refractivity contribution < 1.29 is 19.1 Å². The van der Waals surface area contributed by atoms with Gasteiger partial charge in [0.15, 0.2) is 0 Å². The van der Waals surface area contributed by atoms with Crippen LogP contribution >= 0.6 is 0 Å². The number of aliphatic carboxylic acids is 1. The largest absolute Gasteiger partial charge is 0.481 e. The minimum absolute atomic E-state index is 0.251. The number of hydrogen-bond acceptors (Lipinski definition) is 3. The third kappa shape index (κ3) is 3.20. The quantitative estimate of drug-likeness (QED) is 0.865. The second-order valence-corrected chi connectivity index (χ2v) is 5.49. The number of carboxylic acids is 1. The highest BCUT2D eigenvalue weighted by atomic mass is 19.1. The third-order valence-corrected chi connectivity index (χ3v) is 4.16. The van der Waals surface area contributed by atoms with Gasteiger partial charge in [-0.1, -0.05) is 13.3 Å². The van der Waals surface area contributed by atoms with Crippen LogP contribution in [-0.2, 0) is 4.79 Å². The predicted molar refractivity (Wildman–Crippen MR) is 74.3 cm³/mol. The molecule has 2 heterocycles. The van der Waals surface area contributed by atoms with Gasteiger partial charge in [0.2, 0.25) is 5.95 Å². The Kier molecular flexibility index (Phi) is 4.55. The molecule has 0 spiro atoms. The molecule has 0 unspecified atom stereocenters. The lowest BCUT2D eigenvalue weighted by Crippen LogP contribution is -2.46. The highest BCUT2D eigenvalue weighted by Gasteiger charge is 2.41. The van der Waals surface area contributed by atoms with Crippen LogP contribution in [0, 0.1) is 11.4 Å². The number of aromatic nitrogens is 1. The van der Waals surface area contributed by atoms with Gasteiger partial charge >= 0.3 is 5.97 Å². The highest BCUT2D eigenvalue weighted by molar-refractivity contribution is 5.94. The van der Waals surface area contributed by atoms with Crippen molar-refractivity contribution in [3.05, 3.63) is 29.8 Å². The normalized spacial score (nSPS) is 17.5. The van der Waals surface area contributed by atoms with E-state index in [1.807, 2.05) is 6.92 Å². The van der Waals surface area contributed by atoms with Crippen molar-refractivity contribution in [2.75, 3.05) is 13.1 Å². The third-order valence-electron chi connectivity index (χ3n) is 4.16. The fraction of sp³-hybridized carbons (Fsp3) is 0.533. The van der Waals surface area contributed by atoms with Crippen molar-refractivity contribution in [2.45, 2.75) is 32.6 Å². The summed E-state index contributed by atoms with van der Waals surface area (Å²) in [6.07, 6.45) is 3.56. The van der Waals surface area contributed by atoms with Gasteiger partial charge in [0.25, 0.3) is 5.91 Å². The Morgan fingerprint density at radius 1 is 1.43 bits per heavy atom. The molecule has 0 aliphatic carbocycles. The number of pyridine rings is 1. The molecule has 114 valence electrons. The zero-order valence-electron chi connectivity index (χ0n) is 12.0.